The van der Waals surface area contributed by atoms with Crippen molar-refractivity contribution in [3.05, 3.63) is 12.2 Å². The van der Waals surface area contributed by atoms with Crippen molar-refractivity contribution in [1.82, 2.24) is 5.32 Å². The number of carbonyl (C=O) groups is 2. The van der Waals surface area contributed by atoms with Gasteiger partial charge in [0.25, 0.3) is 0 Å². The van der Waals surface area contributed by atoms with E-state index in [4.69, 9.17) is 13.9 Å². The van der Waals surface area contributed by atoms with Crippen LogP contribution in [0.2, 0.25) is 18.1 Å². The Balaban J connectivity index is 1.92. The number of ether oxygens (including phenoxy) is 2. The van der Waals surface area contributed by atoms with Crippen LogP contribution in [0.4, 0.5) is 0 Å². The lowest BCUT2D eigenvalue weighted by Gasteiger charge is -2.41. The van der Waals surface area contributed by atoms with Gasteiger partial charge >= 0.3 is 0 Å². The monoisotopic (exact) mass is 429 g/mol. The van der Waals surface area contributed by atoms with Gasteiger partial charge in [-0.2, -0.15) is 0 Å². The number of aliphatic hydroxyl groups is 2. The van der Waals surface area contributed by atoms with Crippen LogP contribution in [0.5, 0.6) is 0 Å². The molecule has 0 spiro atoms. The molecule has 29 heavy (non-hydrogen) atoms. The fraction of sp³-hybridized carbons (Fsp3) is 0.800. The van der Waals surface area contributed by atoms with E-state index in [1.165, 1.54) is 0 Å². The Kier molecular flexibility index (Phi) is 7.80. The number of carbonyl (C=O) groups excluding carboxylic acids is 2. The van der Waals surface area contributed by atoms with Gasteiger partial charge < -0.3 is 24.1 Å². The lowest BCUT2D eigenvalue weighted by molar-refractivity contribution is -0.262. The van der Waals surface area contributed by atoms with E-state index >= 15 is 0 Å². The molecular formula is C20H35NO7Si. The van der Waals surface area contributed by atoms with Gasteiger partial charge in [-0.3, -0.25) is 14.9 Å². The molecule has 0 aromatic heterocycles. The van der Waals surface area contributed by atoms with Crippen molar-refractivity contribution in [2.75, 3.05) is 13.4 Å². The molecule has 0 aromatic carbocycles. The zero-order valence-corrected chi connectivity index (χ0v) is 19.1. The smallest absolute Gasteiger partial charge is 0.226 e. The summed E-state index contributed by atoms with van der Waals surface area (Å²) >= 11 is 0. The van der Waals surface area contributed by atoms with E-state index in [9.17, 15) is 19.8 Å². The van der Waals surface area contributed by atoms with Gasteiger partial charge in [-0.25, -0.2) is 0 Å². The van der Waals surface area contributed by atoms with E-state index in [0.717, 1.165) is 0 Å². The van der Waals surface area contributed by atoms with Crippen LogP contribution in [0, 0.1) is 5.92 Å². The van der Waals surface area contributed by atoms with Crippen LogP contribution in [0.3, 0.4) is 0 Å². The predicted molar refractivity (Wildman–Crippen MR) is 109 cm³/mol. The van der Waals surface area contributed by atoms with Crippen LogP contribution in [-0.4, -0.2) is 68.2 Å². The second-order valence-electron chi connectivity index (χ2n) is 9.58. The largest absolute Gasteiger partial charge is 0.413 e. The average molecular weight is 430 g/mol. The van der Waals surface area contributed by atoms with Gasteiger partial charge in [-0.1, -0.05) is 32.9 Å². The van der Waals surface area contributed by atoms with Gasteiger partial charge in [0.15, 0.2) is 8.32 Å². The molecule has 0 unspecified atom stereocenters. The molecular weight excluding hydrogens is 394 g/mol. The molecule has 2 saturated heterocycles. The van der Waals surface area contributed by atoms with Crippen LogP contribution >= 0.6 is 0 Å². The Labute approximate surface area is 173 Å². The zero-order valence-electron chi connectivity index (χ0n) is 18.1. The molecule has 2 rings (SSSR count). The predicted octanol–water partition coefficient (Wildman–Crippen LogP) is 1.47. The molecule has 0 bridgehead atoms. The van der Waals surface area contributed by atoms with Crippen LogP contribution < -0.4 is 5.32 Å². The summed E-state index contributed by atoms with van der Waals surface area (Å²) in [5.41, 5.74) is 0.716. The second-order valence-corrected chi connectivity index (χ2v) is 14.4. The normalized spacial score (nSPS) is 28.2. The molecule has 9 heteroatoms. The minimum Gasteiger partial charge on any atom is -0.413 e. The third kappa shape index (κ3) is 6.19. The van der Waals surface area contributed by atoms with Crippen molar-refractivity contribution >= 4 is 20.1 Å². The maximum atomic E-state index is 11.6. The molecule has 0 radical (unpaired) electrons. The first-order chi connectivity index (χ1) is 13.3. The summed E-state index contributed by atoms with van der Waals surface area (Å²) in [6.45, 7) is 15.0. The molecule has 0 aromatic rings. The Morgan fingerprint density at radius 2 is 1.86 bits per heavy atom. The highest BCUT2D eigenvalue weighted by Gasteiger charge is 2.44. The Morgan fingerprint density at radius 1 is 1.28 bits per heavy atom. The van der Waals surface area contributed by atoms with Gasteiger partial charge in [0, 0.05) is 18.8 Å². The fourth-order valence-corrected chi connectivity index (χ4v) is 4.34. The van der Waals surface area contributed by atoms with E-state index in [-0.39, 0.29) is 42.9 Å². The number of aliphatic hydroxyl groups excluding tert-OH is 2. The lowest BCUT2D eigenvalue weighted by Crippen LogP contribution is -2.56. The molecule has 0 aliphatic carbocycles. The van der Waals surface area contributed by atoms with Gasteiger partial charge in [-0.15, -0.1) is 0 Å². The van der Waals surface area contributed by atoms with E-state index in [2.05, 4.69) is 45.8 Å². The quantitative estimate of drug-likeness (QED) is 0.319. The highest BCUT2D eigenvalue weighted by Crippen LogP contribution is 2.37. The summed E-state index contributed by atoms with van der Waals surface area (Å²) in [6, 6.07) is 0. The van der Waals surface area contributed by atoms with Crippen molar-refractivity contribution in [2.24, 2.45) is 5.92 Å². The molecule has 4 atom stereocenters. The summed E-state index contributed by atoms with van der Waals surface area (Å²) in [6.07, 6.45) is -3.41. The van der Waals surface area contributed by atoms with Crippen molar-refractivity contribution in [3.63, 3.8) is 0 Å². The van der Waals surface area contributed by atoms with Crippen molar-refractivity contribution in [2.45, 2.75) is 82.6 Å². The van der Waals surface area contributed by atoms with E-state index in [1.807, 2.05) is 0 Å². The topological polar surface area (TPSA) is 114 Å². The summed E-state index contributed by atoms with van der Waals surface area (Å²) in [7, 11) is -1.93. The van der Waals surface area contributed by atoms with E-state index in [1.54, 1.807) is 0 Å². The first-order valence-corrected chi connectivity index (χ1v) is 13.0. The number of amides is 2. The molecule has 0 saturated carbocycles. The van der Waals surface area contributed by atoms with Crippen LogP contribution in [0.15, 0.2) is 12.2 Å². The SMILES string of the molecule is C=C(CO[Si](C)(C)C(C)(C)C)C[C@H](O)[C@H]1OCO[C@@H](C2CC(=O)NC(=O)C2)[C@H]1O. The fourth-order valence-electron chi connectivity index (χ4n) is 3.34. The van der Waals surface area contributed by atoms with Crippen molar-refractivity contribution < 1.29 is 33.7 Å². The number of hydrogen-bond acceptors (Lipinski definition) is 7. The first kappa shape index (κ1) is 24.2. The standard InChI is InChI=1S/C20H35NO7Si/c1-12(10-28-29(5,6)20(2,3)4)7-14(22)19-17(25)18(26-11-27-19)13-8-15(23)21-16(24)9-13/h13-14,17-19,22,25H,1,7-11H2,2-6H3,(H,21,23,24)/t14-,17+,18-,19+/m0/s1. The number of nitrogens with one attached hydrogen (secondary N) is 1. The molecule has 166 valence electrons. The second kappa shape index (κ2) is 9.36. The first-order valence-electron chi connectivity index (χ1n) is 10.0. The van der Waals surface area contributed by atoms with E-state index in [0.29, 0.717) is 12.2 Å². The average Bonchev–Trinajstić information content (AvgIpc) is 2.58. The summed E-state index contributed by atoms with van der Waals surface area (Å²) in [4.78, 5) is 23.3. The Hall–Kier alpha value is -1.10. The van der Waals surface area contributed by atoms with Gasteiger partial charge in [-0.05, 0) is 24.6 Å². The number of hydrogen-bond donors (Lipinski definition) is 3. The molecule has 3 N–H and O–H groups in total. The van der Waals surface area contributed by atoms with Crippen LogP contribution in [-0.2, 0) is 23.5 Å². The maximum Gasteiger partial charge on any atom is 0.226 e. The van der Waals surface area contributed by atoms with Crippen molar-refractivity contribution in [1.29, 1.82) is 0 Å². The summed E-state index contributed by atoms with van der Waals surface area (Å²) in [5.74, 6) is -1.22. The zero-order chi connectivity index (χ0) is 22.0. The number of rotatable bonds is 7. The molecule has 2 aliphatic rings. The molecule has 2 aliphatic heterocycles. The minimum atomic E-state index is -1.93. The highest BCUT2D eigenvalue weighted by molar-refractivity contribution is 6.74. The summed E-state index contributed by atoms with van der Waals surface area (Å²) < 4.78 is 17.1. The lowest BCUT2D eigenvalue weighted by atomic mass is 9.84. The van der Waals surface area contributed by atoms with Gasteiger partial charge in [0.05, 0.1) is 18.8 Å². The summed E-state index contributed by atoms with van der Waals surface area (Å²) in [5, 5.41) is 23.6. The van der Waals surface area contributed by atoms with Crippen molar-refractivity contribution in [3.8, 4) is 0 Å². The number of piperidine rings is 1. The minimum absolute atomic E-state index is 0.0723. The third-order valence-corrected chi connectivity index (χ3v) is 10.6. The molecule has 2 heterocycles. The molecule has 8 nitrogen and oxygen atoms in total. The Morgan fingerprint density at radius 3 is 2.41 bits per heavy atom. The molecule has 2 fully saturated rings. The van der Waals surface area contributed by atoms with Gasteiger partial charge in [0.2, 0.25) is 11.8 Å². The molecule has 2 amide bonds. The number of imide groups is 1. The van der Waals surface area contributed by atoms with Crippen LogP contribution in [0.25, 0.3) is 0 Å². The maximum absolute atomic E-state index is 11.6. The van der Waals surface area contributed by atoms with Gasteiger partial charge in [0.1, 0.15) is 19.0 Å². The third-order valence-electron chi connectivity index (χ3n) is 6.15. The van der Waals surface area contributed by atoms with Crippen LogP contribution in [0.1, 0.15) is 40.0 Å². The van der Waals surface area contributed by atoms with E-state index < -0.39 is 38.7 Å². The highest BCUT2D eigenvalue weighted by atomic mass is 28.4. The Bertz CT molecular complexity index is 615.